The predicted octanol–water partition coefficient (Wildman–Crippen LogP) is 5.03. The van der Waals surface area contributed by atoms with Crippen molar-refractivity contribution in [2.75, 3.05) is 6.61 Å². The highest BCUT2D eigenvalue weighted by Gasteiger charge is 2.36. The van der Waals surface area contributed by atoms with Crippen LogP contribution in [0.5, 0.6) is 0 Å². The topological polar surface area (TPSA) is 9.23 Å². The van der Waals surface area contributed by atoms with E-state index in [4.69, 9.17) is 4.43 Å². The molecule has 1 rings (SSSR count). The van der Waals surface area contributed by atoms with E-state index in [2.05, 4.69) is 76.0 Å². The standard InChI is InChI=1S/C18H28OSi/c1-18(2,3)20(4,5)19-16-12-7-6-9-13-17-14-10-8-11-15-17/h8,10-11,14-15H,6,9,13,16H2,1-5H3. The van der Waals surface area contributed by atoms with Crippen LogP contribution in [0.15, 0.2) is 30.3 Å². The Kier molecular flexibility index (Phi) is 6.52. The van der Waals surface area contributed by atoms with Crippen molar-refractivity contribution in [3.63, 3.8) is 0 Å². The van der Waals surface area contributed by atoms with Gasteiger partial charge in [-0.15, -0.1) is 5.92 Å². The van der Waals surface area contributed by atoms with Gasteiger partial charge in [0.25, 0.3) is 0 Å². The molecule has 0 aromatic heterocycles. The Bertz CT molecular complexity index is 446. The summed E-state index contributed by atoms with van der Waals surface area (Å²) in [6.07, 6.45) is 3.19. The van der Waals surface area contributed by atoms with Crippen LogP contribution in [0.25, 0.3) is 0 Å². The molecular formula is C18H28OSi. The molecule has 0 N–H and O–H groups in total. The van der Waals surface area contributed by atoms with Crippen LogP contribution in [0, 0.1) is 11.8 Å². The number of rotatable bonds is 5. The zero-order chi connectivity index (χ0) is 15.1. The van der Waals surface area contributed by atoms with Crippen LogP contribution in [0.4, 0.5) is 0 Å². The molecule has 0 saturated carbocycles. The van der Waals surface area contributed by atoms with E-state index in [-0.39, 0.29) is 5.04 Å². The fraction of sp³-hybridized carbons (Fsp3) is 0.556. The maximum absolute atomic E-state index is 6.02. The SMILES string of the molecule is CC(C)(C)[Si](C)(C)OCC#CCCCc1ccccc1. The molecule has 0 aliphatic heterocycles. The second kappa shape index (κ2) is 7.66. The summed E-state index contributed by atoms with van der Waals surface area (Å²) in [5, 5.41) is 0.266. The van der Waals surface area contributed by atoms with Gasteiger partial charge >= 0.3 is 0 Å². The Hall–Kier alpha value is -1.04. The number of hydrogen-bond acceptors (Lipinski definition) is 1. The van der Waals surface area contributed by atoms with Gasteiger partial charge in [0.2, 0.25) is 0 Å². The normalized spacial score (nSPS) is 11.8. The first-order chi connectivity index (χ1) is 9.33. The third-order valence-corrected chi connectivity index (χ3v) is 8.52. The fourth-order valence-corrected chi connectivity index (χ4v) is 2.46. The Morgan fingerprint density at radius 2 is 1.70 bits per heavy atom. The van der Waals surface area contributed by atoms with Crippen LogP contribution >= 0.6 is 0 Å². The molecule has 0 saturated heterocycles. The number of unbranched alkanes of at least 4 members (excludes halogenated alkanes) is 1. The summed E-state index contributed by atoms with van der Waals surface area (Å²) in [6.45, 7) is 11.9. The molecule has 2 heteroatoms. The van der Waals surface area contributed by atoms with Gasteiger partial charge in [0.15, 0.2) is 8.32 Å². The van der Waals surface area contributed by atoms with Crippen molar-refractivity contribution < 1.29 is 4.43 Å². The van der Waals surface area contributed by atoms with E-state index in [1.165, 1.54) is 5.56 Å². The van der Waals surface area contributed by atoms with Crippen molar-refractivity contribution in [1.29, 1.82) is 0 Å². The molecule has 0 aliphatic rings. The van der Waals surface area contributed by atoms with Gasteiger partial charge in [-0.25, -0.2) is 0 Å². The van der Waals surface area contributed by atoms with Gasteiger partial charge in [0.1, 0.15) is 0 Å². The molecule has 0 fully saturated rings. The summed E-state index contributed by atoms with van der Waals surface area (Å²) >= 11 is 0. The van der Waals surface area contributed by atoms with Crippen LogP contribution in [-0.2, 0) is 10.8 Å². The van der Waals surface area contributed by atoms with E-state index in [1.807, 2.05) is 0 Å². The maximum atomic E-state index is 6.02. The second-order valence-electron chi connectivity index (χ2n) is 6.74. The first-order valence-electron chi connectivity index (χ1n) is 7.46. The van der Waals surface area contributed by atoms with Crippen molar-refractivity contribution >= 4 is 8.32 Å². The van der Waals surface area contributed by atoms with Gasteiger partial charge < -0.3 is 4.43 Å². The van der Waals surface area contributed by atoms with Crippen LogP contribution in [-0.4, -0.2) is 14.9 Å². The first-order valence-corrected chi connectivity index (χ1v) is 10.4. The van der Waals surface area contributed by atoms with Crippen molar-refractivity contribution in [2.45, 2.75) is 58.2 Å². The number of hydrogen-bond donors (Lipinski definition) is 0. The van der Waals surface area contributed by atoms with Crippen LogP contribution in [0.2, 0.25) is 18.1 Å². The van der Waals surface area contributed by atoms with Gasteiger partial charge in [-0.05, 0) is 36.5 Å². The number of aryl methyl sites for hydroxylation is 1. The van der Waals surface area contributed by atoms with Crippen molar-refractivity contribution in [3.8, 4) is 11.8 Å². The van der Waals surface area contributed by atoms with E-state index >= 15 is 0 Å². The van der Waals surface area contributed by atoms with Crippen molar-refractivity contribution in [1.82, 2.24) is 0 Å². The molecule has 1 nitrogen and oxygen atoms in total. The highest BCUT2D eigenvalue weighted by atomic mass is 28.4. The highest BCUT2D eigenvalue weighted by molar-refractivity contribution is 6.74. The fourth-order valence-electron chi connectivity index (χ4n) is 1.60. The molecule has 0 atom stereocenters. The van der Waals surface area contributed by atoms with E-state index in [1.54, 1.807) is 0 Å². The van der Waals surface area contributed by atoms with E-state index in [9.17, 15) is 0 Å². The molecule has 0 spiro atoms. The minimum atomic E-state index is -1.63. The van der Waals surface area contributed by atoms with E-state index in [0.29, 0.717) is 6.61 Å². The molecule has 0 heterocycles. The van der Waals surface area contributed by atoms with Gasteiger partial charge in [-0.3, -0.25) is 0 Å². The van der Waals surface area contributed by atoms with Crippen LogP contribution in [0.1, 0.15) is 39.2 Å². The molecule has 1 aromatic carbocycles. The molecule has 1 aromatic rings. The first kappa shape index (κ1) is 17.0. The molecule has 0 unspecified atom stereocenters. The zero-order valence-electron chi connectivity index (χ0n) is 13.6. The zero-order valence-corrected chi connectivity index (χ0v) is 14.6. The summed E-state index contributed by atoms with van der Waals surface area (Å²) in [5.41, 5.74) is 1.40. The lowest BCUT2D eigenvalue weighted by Crippen LogP contribution is -2.40. The smallest absolute Gasteiger partial charge is 0.193 e. The van der Waals surface area contributed by atoms with Gasteiger partial charge in [0.05, 0.1) is 6.61 Å². The molecule has 0 aliphatic carbocycles. The molecule has 0 amide bonds. The average molecular weight is 289 g/mol. The minimum Gasteiger partial charge on any atom is -0.406 e. The molecular weight excluding hydrogens is 260 g/mol. The monoisotopic (exact) mass is 288 g/mol. The molecule has 20 heavy (non-hydrogen) atoms. The number of benzene rings is 1. The molecule has 110 valence electrons. The summed E-state index contributed by atoms with van der Waals surface area (Å²) < 4.78 is 6.02. The summed E-state index contributed by atoms with van der Waals surface area (Å²) in [4.78, 5) is 0. The van der Waals surface area contributed by atoms with Gasteiger partial charge in [-0.1, -0.05) is 57.0 Å². The lowest BCUT2D eigenvalue weighted by Gasteiger charge is -2.35. The Morgan fingerprint density at radius 1 is 1.05 bits per heavy atom. The Balaban J connectivity index is 2.21. The summed E-state index contributed by atoms with van der Waals surface area (Å²) in [5.74, 6) is 6.39. The largest absolute Gasteiger partial charge is 0.406 e. The van der Waals surface area contributed by atoms with E-state index < -0.39 is 8.32 Å². The van der Waals surface area contributed by atoms with Crippen molar-refractivity contribution in [2.24, 2.45) is 0 Å². The Morgan fingerprint density at radius 3 is 2.30 bits per heavy atom. The minimum absolute atomic E-state index is 0.266. The average Bonchev–Trinajstić information content (AvgIpc) is 2.37. The maximum Gasteiger partial charge on any atom is 0.193 e. The van der Waals surface area contributed by atoms with Gasteiger partial charge in [0, 0.05) is 6.42 Å². The van der Waals surface area contributed by atoms with E-state index in [0.717, 1.165) is 19.3 Å². The Labute approximate surface area is 125 Å². The highest BCUT2D eigenvalue weighted by Crippen LogP contribution is 2.36. The van der Waals surface area contributed by atoms with Gasteiger partial charge in [-0.2, -0.15) is 0 Å². The lowest BCUT2D eigenvalue weighted by molar-refractivity contribution is 0.334. The third-order valence-electron chi connectivity index (χ3n) is 4.05. The molecule has 0 radical (unpaired) electrons. The van der Waals surface area contributed by atoms with Crippen LogP contribution in [0.3, 0.4) is 0 Å². The van der Waals surface area contributed by atoms with Crippen molar-refractivity contribution in [3.05, 3.63) is 35.9 Å². The van der Waals surface area contributed by atoms with Crippen LogP contribution < -0.4 is 0 Å². The summed E-state index contributed by atoms with van der Waals surface area (Å²) in [6, 6.07) is 10.6. The molecule has 0 bridgehead atoms. The lowest BCUT2D eigenvalue weighted by atomic mass is 10.1. The quantitative estimate of drug-likeness (QED) is 0.419. The predicted molar refractivity (Wildman–Crippen MR) is 90.3 cm³/mol. The second-order valence-corrected chi connectivity index (χ2v) is 11.6. The third kappa shape index (κ3) is 5.94. The summed E-state index contributed by atoms with van der Waals surface area (Å²) in [7, 11) is -1.63.